The van der Waals surface area contributed by atoms with Crippen LogP contribution in [0.15, 0.2) is 72.7 Å². The van der Waals surface area contributed by atoms with Crippen LogP contribution >= 0.6 is 0 Å². The highest BCUT2D eigenvalue weighted by molar-refractivity contribution is 6.28. The number of Topliss-reactive ketones (excluding diaryl/α,β-unsaturated/α-hetero) is 1. The van der Waals surface area contributed by atoms with E-state index >= 15 is 0 Å². The molecule has 27 heavy (non-hydrogen) atoms. The molecule has 0 atom stereocenters. The summed E-state index contributed by atoms with van der Waals surface area (Å²) >= 11 is 0. The molecule has 0 heterocycles. The van der Waals surface area contributed by atoms with Crippen molar-refractivity contribution >= 4 is 11.4 Å². The fourth-order valence-corrected chi connectivity index (χ4v) is 2.42. The van der Waals surface area contributed by atoms with Gasteiger partial charge >= 0.3 is 6.18 Å². The Kier molecular flexibility index (Phi) is 6.45. The van der Waals surface area contributed by atoms with Gasteiger partial charge < -0.3 is 9.47 Å². The lowest BCUT2D eigenvalue weighted by molar-refractivity contribution is -0.137. The first-order chi connectivity index (χ1) is 12.7. The van der Waals surface area contributed by atoms with Gasteiger partial charge in [0.05, 0.1) is 17.7 Å². The molecule has 0 unspecified atom stereocenters. The van der Waals surface area contributed by atoms with Gasteiger partial charge in [-0.2, -0.15) is 13.2 Å². The van der Waals surface area contributed by atoms with E-state index in [-0.39, 0.29) is 29.3 Å². The van der Waals surface area contributed by atoms with Gasteiger partial charge in [0, 0.05) is 0 Å². The Labute approximate surface area is 155 Å². The van der Waals surface area contributed by atoms with Gasteiger partial charge in [0.2, 0.25) is 5.78 Å². The molecule has 0 saturated carbocycles. The molecule has 0 spiro atoms. The summed E-state index contributed by atoms with van der Waals surface area (Å²) in [7, 11) is 0. The van der Waals surface area contributed by atoms with Crippen LogP contribution in [-0.2, 0) is 15.7 Å². The molecule has 2 aromatic rings. The molecule has 6 heteroatoms. The third-order valence-electron chi connectivity index (χ3n) is 3.67. The van der Waals surface area contributed by atoms with Crippen molar-refractivity contribution in [3.63, 3.8) is 0 Å². The number of allylic oxidation sites excluding steroid dienone is 2. The number of benzene rings is 2. The summed E-state index contributed by atoms with van der Waals surface area (Å²) in [4.78, 5) is 12.8. The van der Waals surface area contributed by atoms with Crippen LogP contribution in [0.5, 0.6) is 5.75 Å². The fourth-order valence-electron chi connectivity index (χ4n) is 2.42. The van der Waals surface area contributed by atoms with Gasteiger partial charge in [0.15, 0.2) is 5.76 Å². The quantitative estimate of drug-likeness (QED) is 0.464. The standard InChI is InChI=1S/C21H19F3O3/c1-4-26-15(3)20(25)19(14(2)27-18-8-6-5-7-9-18)16-10-12-17(13-11-16)21(22,23)24/h5-13H,3-4H2,1-2H3/b19-14+. The van der Waals surface area contributed by atoms with Crippen LogP contribution in [0.1, 0.15) is 25.0 Å². The summed E-state index contributed by atoms with van der Waals surface area (Å²) in [5.41, 5.74) is -0.434. The number of carbonyl (C=O) groups excluding carboxylic acids is 1. The van der Waals surface area contributed by atoms with Crippen LogP contribution in [0.25, 0.3) is 5.57 Å². The van der Waals surface area contributed by atoms with Crippen LogP contribution in [0, 0.1) is 0 Å². The van der Waals surface area contributed by atoms with Gasteiger partial charge in [-0.1, -0.05) is 36.9 Å². The normalized spacial score (nSPS) is 12.2. The molecule has 0 amide bonds. The molecule has 0 aliphatic carbocycles. The Balaban J connectivity index is 2.47. The van der Waals surface area contributed by atoms with Crippen molar-refractivity contribution in [2.24, 2.45) is 0 Å². The second-order valence-electron chi connectivity index (χ2n) is 5.61. The van der Waals surface area contributed by atoms with E-state index in [1.807, 2.05) is 6.07 Å². The number of ether oxygens (including phenoxy) is 2. The fraction of sp³-hybridized carbons (Fsp3) is 0.190. The van der Waals surface area contributed by atoms with E-state index < -0.39 is 17.5 Å². The van der Waals surface area contributed by atoms with Crippen molar-refractivity contribution in [3.8, 4) is 5.75 Å². The van der Waals surface area contributed by atoms with E-state index in [1.54, 1.807) is 38.1 Å². The largest absolute Gasteiger partial charge is 0.490 e. The van der Waals surface area contributed by atoms with Crippen molar-refractivity contribution in [1.82, 2.24) is 0 Å². The van der Waals surface area contributed by atoms with E-state index in [2.05, 4.69) is 6.58 Å². The third kappa shape index (κ3) is 5.23. The summed E-state index contributed by atoms with van der Waals surface area (Å²) in [5, 5.41) is 0. The zero-order chi connectivity index (χ0) is 20.0. The second-order valence-corrected chi connectivity index (χ2v) is 5.61. The van der Waals surface area contributed by atoms with Crippen LogP contribution < -0.4 is 4.74 Å². The molecular formula is C21H19F3O3. The van der Waals surface area contributed by atoms with Crippen molar-refractivity contribution in [3.05, 3.63) is 83.8 Å². The molecule has 3 nitrogen and oxygen atoms in total. The van der Waals surface area contributed by atoms with E-state index in [1.165, 1.54) is 12.1 Å². The van der Waals surface area contributed by atoms with E-state index in [0.29, 0.717) is 5.75 Å². The summed E-state index contributed by atoms with van der Waals surface area (Å²) in [5.74, 6) is 0.0643. The maximum absolute atomic E-state index is 12.8. The molecule has 0 radical (unpaired) electrons. The van der Waals surface area contributed by atoms with E-state index in [4.69, 9.17) is 9.47 Å². The first-order valence-corrected chi connectivity index (χ1v) is 8.21. The number of halogens is 3. The van der Waals surface area contributed by atoms with Crippen LogP contribution in [0.4, 0.5) is 13.2 Å². The predicted molar refractivity (Wildman–Crippen MR) is 96.9 cm³/mol. The Morgan fingerprint density at radius 1 is 1.04 bits per heavy atom. The first-order valence-electron chi connectivity index (χ1n) is 8.21. The Morgan fingerprint density at radius 3 is 2.15 bits per heavy atom. The summed E-state index contributed by atoms with van der Waals surface area (Å²) in [6.45, 7) is 7.10. The van der Waals surface area contributed by atoms with Gasteiger partial charge in [0.25, 0.3) is 0 Å². The summed E-state index contributed by atoms with van der Waals surface area (Å²) in [6, 6.07) is 13.0. The molecular weight excluding hydrogens is 357 g/mol. The third-order valence-corrected chi connectivity index (χ3v) is 3.67. The monoisotopic (exact) mass is 376 g/mol. The molecule has 0 aliphatic heterocycles. The highest BCUT2D eigenvalue weighted by Gasteiger charge is 2.30. The van der Waals surface area contributed by atoms with Gasteiger partial charge in [0.1, 0.15) is 11.5 Å². The van der Waals surface area contributed by atoms with Crippen molar-refractivity contribution in [2.75, 3.05) is 6.61 Å². The highest BCUT2D eigenvalue weighted by atomic mass is 19.4. The van der Waals surface area contributed by atoms with E-state index in [0.717, 1.165) is 12.1 Å². The number of hydrogen-bond donors (Lipinski definition) is 0. The molecule has 2 aromatic carbocycles. The molecule has 0 saturated heterocycles. The topological polar surface area (TPSA) is 35.5 Å². The minimum Gasteiger partial charge on any atom is -0.490 e. The SMILES string of the molecule is C=C(OCC)C(=O)/C(=C(\C)Oc1ccccc1)c1ccc(C(F)(F)F)cc1. The van der Waals surface area contributed by atoms with Gasteiger partial charge in [-0.05, 0) is 43.7 Å². The van der Waals surface area contributed by atoms with Crippen molar-refractivity contribution in [2.45, 2.75) is 20.0 Å². The Morgan fingerprint density at radius 2 is 1.63 bits per heavy atom. The molecule has 2 rings (SSSR count). The van der Waals surface area contributed by atoms with Crippen molar-refractivity contribution in [1.29, 1.82) is 0 Å². The summed E-state index contributed by atoms with van der Waals surface area (Å²) < 4.78 is 49.3. The van der Waals surface area contributed by atoms with E-state index in [9.17, 15) is 18.0 Å². The Bertz CT molecular complexity index is 835. The number of alkyl halides is 3. The van der Waals surface area contributed by atoms with Crippen LogP contribution in [0.3, 0.4) is 0 Å². The van der Waals surface area contributed by atoms with Gasteiger partial charge in [-0.15, -0.1) is 0 Å². The average Bonchev–Trinajstić information content (AvgIpc) is 2.62. The van der Waals surface area contributed by atoms with Crippen molar-refractivity contribution < 1.29 is 27.4 Å². The lowest BCUT2D eigenvalue weighted by Crippen LogP contribution is -2.12. The number of hydrogen-bond acceptors (Lipinski definition) is 3. The lowest BCUT2D eigenvalue weighted by Gasteiger charge is -2.15. The second kappa shape index (κ2) is 8.58. The molecule has 142 valence electrons. The minimum absolute atomic E-state index is 0.0889. The smallest absolute Gasteiger partial charge is 0.416 e. The average molecular weight is 376 g/mol. The summed E-state index contributed by atoms with van der Waals surface area (Å²) in [6.07, 6.45) is -4.46. The molecule has 0 bridgehead atoms. The van der Waals surface area contributed by atoms with Crippen LogP contribution in [-0.4, -0.2) is 12.4 Å². The highest BCUT2D eigenvalue weighted by Crippen LogP contribution is 2.31. The maximum Gasteiger partial charge on any atom is 0.416 e. The zero-order valence-electron chi connectivity index (χ0n) is 15.0. The zero-order valence-corrected chi connectivity index (χ0v) is 15.0. The maximum atomic E-state index is 12.8. The predicted octanol–water partition coefficient (Wildman–Crippen LogP) is 5.63. The minimum atomic E-state index is -4.46. The molecule has 0 aromatic heterocycles. The molecule has 0 aliphatic rings. The number of carbonyl (C=O) groups is 1. The number of rotatable bonds is 7. The Hall–Kier alpha value is -3.02. The molecule has 0 N–H and O–H groups in total. The first kappa shape index (κ1) is 20.3. The van der Waals surface area contributed by atoms with Gasteiger partial charge in [-0.3, -0.25) is 4.79 Å². The van der Waals surface area contributed by atoms with Crippen LogP contribution in [0.2, 0.25) is 0 Å². The molecule has 0 fully saturated rings. The van der Waals surface area contributed by atoms with Gasteiger partial charge in [-0.25, -0.2) is 0 Å². The number of para-hydroxylation sites is 1. The lowest BCUT2D eigenvalue weighted by atomic mass is 9.98. The number of ketones is 1.